The number of ether oxygens (including phenoxy) is 4. The number of hydrogen-bond acceptors (Lipinski definition) is 14. The number of aliphatic hydroxyl groups is 1. The fraction of sp³-hybridized carbons (Fsp3) is 0.154. The van der Waals surface area contributed by atoms with E-state index >= 15 is 0 Å². The molecule has 6 N–H and O–H groups in total. The zero-order chi connectivity index (χ0) is 37.8. The van der Waals surface area contributed by atoms with Gasteiger partial charge in [-0.05, 0) is 78.7 Å². The highest BCUT2D eigenvalue weighted by Crippen LogP contribution is 2.38. The zero-order valence-electron chi connectivity index (χ0n) is 27.7. The Morgan fingerprint density at radius 1 is 0.698 bits per heavy atom. The summed E-state index contributed by atoms with van der Waals surface area (Å²) in [4.78, 5) is 40.0. The number of hydrogen-bond donors (Lipinski definition) is 6. The van der Waals surface area contributed by atoms with Crippen LogP contribution in [0.5, 0.6) is 34.5 Å². The molecule has 0 aliphatic carbocycles. The Morgan fingerprint density at radius 3 is 1.75 bits per heavy atom. The molecular weight excluding hydrogens is 692 g/mol. The smallest absolute Gasteiger partial charge is 0.331 e. The molecule has 6 rings (SSSR count). The fourth-order valence-corrected chi connectivity index (χ4v) is 5.52. The van der Waals surface area contributed by atoms with Gasteiger partial charge in [0.2, 0.25) is 17.5 Å². The van der Waals surface area contributed by atoms with Gasteiger partial charge in [0.15, 0.2) is 18.0 Å². The van der Waals surface area contributed by atoms with Crippen molar-refractivity contribution < 1.29 is 63.6 Å². The van der Waals surface area contributed by atoms with Gasteiger partial charge in [0, 0.05) is 29.8 Å². The van der Waals surface area contributed by atoms with Crippen molar-refractivity contribution in [3.05, 3.63) is 118 Å². The minimum absolute atomic E-state index is 0.00905. The van der Waals surface area contributed by atoms with Gasteiger partial charge in [0.05, 0.1) is 6.10 Å². The second kappa shape index (κ2) is 15.2. The Kier molecular flexibility index (Phi) is 10.4. The topological polar surface area (TPSA) is 223 Å². The molecule has 0 radical (unpaired) electrons. The average Bonchev–Trinajstić information content (AvgIpc) is 3.12. The quantitative estimate of drug-likeness (QED) is 0.0894. The van der Waals surface area contributed by atoms with E-state index in [4.69, 9.17) is 23.4 Å². The molecule has 1 aliphatic rings. The lowest BCUT2D eigenvalue weighted by molar-refractivity contribution is -0.275. The van der Waals surface area contributed by atoms with Gasteiger partial charge in [-0.15, -0.1) is 0 Å². The molecule has 5 aromatic rings. The Hall–Kier alpha value is -6.77. The first-order valence-corrected chi connectivity index (χ1v) is 16.0. The number of esters is 2. The van der Waals surface area contributed by atoms with Crippen LogP contribution in [-0.2, 0) is 23.8 Å². The van der Waals surface area contributed by atoms with Gasteiger partial charge in [-0.2, -0.15) is 0 Å². The summed E-state index contributed by atoms with van der Waals surface area (Å²) in [6, 6.07) is 19.3. The molecule has 53 heavy (non-hydrogen) atoms. The zero-order valence-corrected chi connectivity index (χ0v) is 27.7. The number of aliphatic hydroxyl groups excluding tert-OH is 1. The highest BCUT2D eigenvalue weighted by Gasteiger charge is 2.49. The molecule has 272 valence electrons. The van der Waals surface area contributed by atoms with E-state index in [1.807, 2.05) is 0 Å². The lowest BCUT2D eigenvalue weighted by atomic mass is 9.99. The van der Waals surface area contributed by atoms with Gasteiger partial charge in [0.25, 0.3) is 0 Å². The van der Waals surface area contributed by atoms with Crippen LogP contribution in [0.15, 0.2) is 106 Å². The van der Waals surface area contributed by atoms with E-state index < -0.39 is 65.3 Å². The van der Waals surface area contributed by atoms with E-state index in [0.29, 0.717) is 11.1 Å². The van der Waals surface area contributed by atoms with Gasteiger partial charge in [-0.25, -0.2) is 9.59 Å². The normalized spacial score (nSPS) is 20.1. The Bertz CT molecular complexity index is 2240. The average molecular weight is 725 g/mol. The van der Waals surface area contributed by atoms with Crippen molar-refractivity contribution in [1.82, 2.24) is 0 Å². The van der Waals surface area contributed by atoms with Crippen LogP contribution in [0.2, 0.25) is 0 Å². The molecule has 1 aromatic heterocycles. The monoisotopic (exact) mass is 724 g/mol. The number of rotatable bonds is 9. The summed E-state index contributed by atoms with van der Waals surface area (Å²) < 4.78 is 29.1. The lowest BCUT2D eigenvalue weighted by Gasteiger charge is -2.41. The first-order valence-electron chi connectivity index (χ1n) is 16.0. The van der Waals surface area contributed by atoms with Crippen molar-refractivity contribution in [2.24, 2.45) is 0 Å². The molecule has 4 aromatic carbocycles. The predicted molar refractivity (Wildman–Crippen MR) is 188 cm³/mol. The molecular formula is C39H32O14. The summed E-state index contributed by atoms with van der Waals surface area (Å²) in [6.45, 7) is 1.45. The number of phenols is 5. The summed E-state index contributed by atoms with van der Waals surface area (Å²) in [7, 11) is 0. The minimum Gasteiger partial charge on any atom is -0.508 e. The Labute approximate surface area is 300 Å². The molecule has 5 atom stereocenters. The SMILES string of the molecule is C[C@@H]1O[C@@H](Oc2c(-c3ccc(O)cc3)oc3cc(O)cc(O)c3c2=O)[C@@H](OC(=O)/C=C\c2ccc(O)cc2)[C@H](O)[C@H]1OC(=O)/C=C\c1ccc(O)cc1. The Morgan fingerprint density at radius 2 is 1.21 bits per heavy atom. The molecule has 14 heteroatoms. The number of carbonyl (C=O) groups excluding carboxylic acids is 2. The van der Waals surface area contributed by atoms with Crippen LogP contribution >= 0.6 is 0 Å². The second-order valence-corrected chi connectivity index (χ2v) is 11.9. The molecule has 1 fully saturated rings. The number of benzene rings is 4. The van der Waals surface area contributed by atoms with E-state index in [-0.39, 0.29) is 39.5 Å². The molecule has 0 amide bonds. The van der Waals surface area contributed by atoms with Crippen LogP contribution in [0.25, 0.3) is 34.4 Å². The van der Waals surface area contributed by atoms with Gasteiger partial charge in [-0.3, -0.25) is 4.79 Å². The van der Waals surface area contributed by atoms with E-state index in [1.54, 1.807) is 12.1 Å². The van der Waals surface area contributed by atoms with E-state index in [2.05, 4.69) is 0 Å². The van der Waals surface area contributed by atoms with Crippen LogP contribution in [0.3, 0.4) is 0 Å². The fourth-order valence-electron chi connectivity index (χ4n) is 5.52. The van der Waals surface area contributed by atoms with E-state index in [1.165, 1.54) is 79.7 Å². The van der Waals surface area contributed by atoms with Gasteiger partial charge >= 0.3 is 11.9 Å². The number of carbonyl (C=O) groups is 2. The summed E-state index contributed by atoms with van der Waals surface area (Å²) in [5, 5.41) is 60.8. The van der Waals surface area contributed by atoms with Crippen molar-refractivity contribution in [2.45, 2.75) is 37.6 Å². The molecule has 0 bridgehead atoms. The van der Waals surface area contributed by atoms with Crippen molar-refractivity contribution in [2.75, 3.05) is 0 Å². The van der Waals surface area contributed by atoms with Gasteiger partial charge in [-0.1, -0.05) is 24.3 Å². The number of phenolic OH excluding ortho intramolecular Hbond substituents is 5. The summed E-state index contributed by atoms with van der Waals surface area (Å²) in [6.07, 6.45) is -2.93. The van der Waals surface area contributed by atoms with Crippen molar-refractivity contribution in [3.63, 3.8) is 0 Å². The summed E-state index contributed by atoms with van der Waals surface area (Å²) >= 11 is 0. The molecule has 1 saturated heterocycles. The molecule has 0 spiro atoms. The second-order valence-electron chi connectivity index (χ2n) is 11.9. The molecule has 0 unspecified atom stereocenters. The third kappa shape index (κ3) is 8.25. The largest absolute Gasteiger partial charge is 0.508 e. The lowest BCUT2D eigenvalue weighted by Crippen LogP contribution is -2.61. The van der Waals surface area contributed by atoms with Crippen molar-refractivity contribution in [3.8, 4) is 45.8 Å². The highest BCUT2D eigenvalue weighted by atomic mass is 16.7. The molecule has 1 aliphatic heterocycles. The third-order valence-electron chi connectivity index (χ3n) is 8.15. The van der Waals surface area contributed by atoms with Crippen LogP contribution in [0.1, 0.15) is 18.1 Å². The standard InChI is InChI=1S/C39H32O14/c1-20-35(51-30(45)16-6-21-2-10-24(40)11-3-21)34(48)38(52-31(46)17-7-22-4-12-25(41)13-5-22)39(49-20)53-37-33(47)32-28(44)18-27(43)19-29(32)50-36(37)23-8-14-26(42)15-9-23/h2-20,34-35,38-44,48H,1H3/b16-6-,17-7-/t20-,34+,35-,38-,39-/m0/s1. The van der Waals surface area contributed by atoms with Crippen molar-refractivity contribution >= 4 is 35.1 Å². The minimum atomic E-state index is -1.80. The van der Waals surface area contributed by atoms with Gasteiger partial charge < -0.3 is 54.0 Å². The maximum Gasteiger partial charge on any atom is 0.331 e. The number of fused-ring (bicyclic) bond motifs is 1. The van der Waals surface area contributed by atoms with Gasteiger partial charge in [0.1, 0.15) is 45.8 Å². The van der Waals surface area contributed by atoms with E-state index in [9.17, 15) is 45.0 Å². The van der Waals surface area contributed by atoms with Crippen LogP contribution in [0, 0.1) is 0 Å². The van der Waals surface area contributed by atoms with Crippen LogP contribution in [0.4, 0.5) is 0 Å². The van der Waals surface area contributed by atoms with Crippen LogP contribution in [-0.4, -0.2) is 73.3 Å². The maximum absolute atomic E-state index is 14.0. The summed E-state index contributed by atoms with van der Waals surface area (Å²) in [5.74, 6) is -3.77. The number of aromatic hydroxyl groups is 5. The summed E-state index contributed by atoms with van der Waals surface area (Å²) in [5.41, 5.74) is 0.154. The maximum atomic E-state index is 14.0. The van der Waals surface area contributed by atoms with Crippen LogP contribution < -0.4 is 10.2 Å². The highest BCUT2D eigenvalue weighted by molar-refractivity contribution is 5.89. The molecule has 14 nitrogen and oxygen atoms in total. The third-order valence-corrected chi connectivity index (χ3v) is 8.15. The Balaban J connectivity index is 1.35. The van der Waals surface area contributed by atoms with Crippen molar-refractivity contribution in [1.29, 1.82) is 0 Å². The molecule has 2 heterocycles. The first kappa shape index (κ1) is 36.0. The predicted octanol–water partition coefficient (Wildman–Crippen LogP) is 4.72. The molecule has 0 saturated carbocycles. The van der Waals surface area contributed by atoms with E-state index in [0.717, 1.165) is 24.3 Å². The first-order chi connectivity index (χ1) is 25.4.